The van der Waals surface area contributed by atoms with Crippen molar-refractivity contribution in [3.63, 3.8) is 0 Å². The Bertz CT molecular complexity index is 886. The molecule has 1 aromatic carbocycles. The number of piperidine rings is 1. The predicted molar refractivity (Wildman–Crippen MR) is 98.4 cm³/mol. The number of likely N-dealkylation sites (tertiary alicyclic amines) is 2. The molecule has 3 aliphatic heterocycles. The summed E-state index contributed by atoms with van der Waals surface area (Å²) < 4.78 is 13.5. The molecule has 2 bridgehead atoms. The van der Waals surface area contributed by atoms with Gasteiger partial charge in [0, 0.05) is 24.8 Å². The molecule has 1 aliphatic carbocycles. The van der Waals surface area contributed by atoms with E-state index in [0.717, 1.165) is 12.8 Å². The van der Waals surface area contributed by atoms with Gasteiger partial charge in [-0.2, -0.15) is 5.26 Å². The molecule has 0 aromatic heterocycles. The van der Waals surface area contributed by atoms with E-state index in [1.165, 1.54) is 12.1 Å². The summed E-state index contributed by atoms with van der Waals surface area (Å²) in [5, 5.41) is 9.30. The van der Waals surface area contributed by atoms with Gasteiger partial charge in [0.25, 0.3) is 0 Å². The Morgan fingerprint density at radius 1 is 1.36 bits per heavy atom. The number of carbonyl (C=O) groups excluding carboxylic acids is 2. The summed E-state index contributed by atoms with van der Waals surface area (Å²) in [6.07, 6.45) is 2.37. The van der Waals surface area contributed by atoms with Gasteiger partial charge in [0.15, 0.2) is 0 Å². The number of nitrogens with zero attached hydrogens (tertiary/aromatic N) is 4. The molecule has 8 heteroatoms. The minimum Gasteiger partial charge on any atom is -0.322 e. The zero-order valence-electron chi connectivity index (χ0n) is 15.4. The molecule has 6 atom stereocenters. The number of nitriles is 1. The molecule has 4 fully saturated rings. The molecule has 0 radical (unpaired) electrons. The van der Waals surface area contributed by atoms with Crippen LogP contribution in [0.1, 0.15) is 19.3 Å². The SMILES string of the molecule is N#C[C@@H]1C[C@@H]2CC2N1C(=O)[C@@H](N)CN1C[C@@H]2C[C@H]1C(=O)N2c1cccc(F)c1. The molecule has 2 amide bonds. The minimum atomic E-state index is -0.745. The van der Waals surface area contributed by atoms with Gasteiger partial charge in [-0.25, -0.2) is 4.39 Å². The lowest BCUT2D eigenvalue weighted by Gasteiger charge is -2.35. The van der Waals surface area contributed by atoms with Crippen LogP contribution < -0.4 is 10.6 Å². The van der Waals surface area contributed by atoms with Gasteiger partial charge in [0.2, 0.25) is 11.8 Å². The van der Waals surface area contributed by atoms with E-state index in [4.69, 9.17) is 5.73 Å². The van der Waals surface area contributed by atoms with Gasteiger partial charge < -0.3 is 15.5 Å². The molecule has 4 aliphatic rings. The fourth-order valence-electron chi connectivity index (χ4n) is 5.24. The number of rotatable bonds is 4. The standard InChI is InChI=1S/C20H22FN5O2/c21-12-2-1-3-13(6-12)25-15-7-18(20(25)28)24(9-15)10-16(23)19(27)26-14(8-22)4-11-5-17(11)26/h1-3,6,11,14-18H,4-5,7,9-10,23H2/t11-,14+,15+,16+,17?,18+/m1/s1. The van der Waals surface area contributed by atoms with Crippen molar-refractivity contribution in [1.82, 2.24) is 9.80 Å². The summed E-state index contributed by atoms with van der Waals surface area (Å²) in [6.45, 7) is 0.913. The van der Waals surface area contributed by atoms with Crippen LogP contribution in [-0.4, -0.2) is 64.9 Å². The van der Waals surface area contributed by atoms with E-state index >= 15 is 0 Å². The summed E-state index contributed by atoms with van der Waals surface area (Å²) >= 11 is 0. The lowest BCUT2D eigenvalue weighted by Crippen LogP contribution is -2.57. The second-order valence-electron chi connectivity index (χ2n) is 8.34. The number of amides is 2. The molecule has 0 spiro atoms. The van der Waals surface area contributed by atoms with Crippen LogP contribution in [0.25, 0.3) is 0 Å². The molecule has 28 heavy (non-hydrogen) atoms. The zero-order chi connectivity index (χ0) is 19.6. The van der Waals surface area contributed by atoms with Gasteiger partial charge in [0.1, 0.15) is 11.9 Å². The van der Waals surface area contributed by atoms with E-state index < -0.39 is 6.04 Å². The summed E-state index contributed by atoms with van der Waals surface area (Å²) in [6, 6.07) is 6.97. The van der Waals surface area contributed by atoms with Crippen LogP contribution in [0.4, 0.5) is 10.1 Å². The first kappa shape index (κ1) is 17.6. The molecule has 146 valence electrons. The van der Waals surface area contributed by atoms with Crippen LogP contribution in [0.15, 0.2) is 24.3 Å². The monoisotopic (exact) mass is 383 g/mol. The van der Waals surface area contributed by atoms with Crippen molar-refractivity contribution >= 4 is 17.5 Å². The lowest BCUT2D eigenvalue weighted by molar-refractivity contribution is -0.135. The van der Waals surface area contributed by atoms with Crippen LogP contribution in [0, 0.1) is 23.1 Å². The molecule has 3 saturated heterocycles. The van der Waals surface area contributed by atoms with E-state index in [-0.39, 0.29) is 41.8 Å². The Hall–Kier alpha value is -2.50. The molecule has 1 saturated carbocycles. The molecular weight excluding hydrogens is 361 g/mol. The van der Waals surface area contributed by atoms with Gasteiger partial charge in [-0.15, -0.1) is 0 Å². The van der Waals surface area contributed by atoms with E-state index in [2.05, 4.69) is 6.07 Å². The van der Waals surface area contributed by atoms with E-state index in [1.807, 2.05) is 4.90 Å². The fraction of sp³-hybridized carbons (Fsp3) is 0.550. The summed E-state index contributed by atoms with van der Waals surface area (Å²) in [4.78, 5) is 31.0. The Balaban J connectivity index is 1.25. The van der Waals surface area contributed by atoms with Crippen LogP contribution >= 0.6 is 0 Å². The molecule has 2 N–H and O–H groups in total. The number of anilines is 1. The Morgan fingerprint density at radius 2 is 2.18 bits per heavy atom. The van der Waals surface area contributed by atoms with Gasteiger partial charge in [-0.3, -0.25) is 14.5 Å². The quantitative estimate of drug-likeness (QED) is 0.815. The lowest BCUT2D eigenvalue weighted by atomic mass is 10.1. The Labute approximate surface area is 162 Å². The average Bonchev–Trinajstić information content (AvgIpc) is 3.01. The highest BCUT2D eigenvalue weighted by molar-refractivity contribution is 6.01. The molecule has 1 aromatic rings. The largest absolute Gasteiger partial charge is 0.322 e. The highest BCUT2D eigenvalue weighted by atomic mass is 19.1. The first-order valence-electron chi connectivity index (χ1n) is 9.78. The normalized spacial score (nSPS) is 34.5. The fourth-order valence-corrected chi connectivity index (χ4v) is 5.24. The number of carbonyl (C=O) groups is 2. The van der Waals surface area contributed by atoms with Crippen molar-refractivity contribution < 1.29 is 14.0 Å². The average molecular weight is 383 g/mol. The van der Waals surface area contributed by atoms with E-state index in [9.17, 15) is 19.2 Å². The molecule has 3 heterocycles. The third kappa shape index (κ3) is 2.61. The smallest absolute Gasteiger partial charge is 0.244 e. The second-order valence-corrected chi connectivity index (χ2v) is 8.34. The first-order valence-corrected chi connectivity index (χ1v) is 9.78. The van der Waals surface area contributed by atoms with Crippen molar-refractivity contribution in [1.29, 1.82) is 5.26 Å². The number of hydrogen-bond donors (Lipinski definition) is 1. The minimum absolute atomic E-state index is 0.0342. The van der Waals surface area contributed by atoms with Crippen LogP contribution in [-0.2, 0) is 9.59 Å². The summed E-state index contributed by atoms with van der Waals surface area (Å²) in [5.41, 5.74) is 6.78. The van der Waals surface area contributed by atoms with Crippen molar-refractivity contribution in [3.05, 3.63) is 30.1 Å². The topological polar surface area (TPSA) is 93.7 Å². The highest BCUT2D eigenvalue weighted by Crippen LogP contribution is 2.47. The molecule has 7 nitrogen and oxygen atoms in total. The van der Waals surface area contributed by atoms with Crippen molar-refractivity contribution in [2.75, 3.05) is 18.0 Å². The van der Waals surface area contributed by atoms with Crippen molar-refractivity contribution in [2.45, 2.75) is 49.5 Å². The number of fused-ring (bicyclic) bond motifs is 3. The molecular formula is C20H22FN5O2. The van der Waals surface area contributed by atoms with E-state index in [0.29, 0.717) is 31.1 Å². The number of piperazine rings is 1. The maximum Gasteiger partial charge on any atom is 0.244 e. The first-order chi connectivity index (χ1) is 13.5. The van der Waals surface area contributed by atoms with Crippen LogP contribution in [0.2, 0.25) is 0 Å². The maximum absolute atomic E-state index is 13.5. The van der Waals surface area contributed by atoms with Gasteiger partial charge >= 0.3 is 0 Å². The highest BCUT2D eigenvalue weighted by Gasteiger charge is 2.55. The number of halogens is 1. The second kappa shape index (κ2) is 6.26. The molecule has 1 unspecified atom stereocenters. The van der Waals surface area contributed by atoms with Crippen LogP contribution in [0.5, 0.6) is 0 Å². The Morgan fingerprint density at radius 3 is 2.89 bits per heavy atom. The summed E-state index contributed by atoms with van der Waals surface area (Å²) in [5.74, 6) is -0.174. The maximum atomic E-state index is 13.5. The number of nitrogens with two attached hydrogens (primary N) is 1. The number of hydrogen-bond acceptors (Lipinski definition) is 5. The third-order valence-electron chi connectivity index (χ3n) is 6.61. The van der Waals surface area contributed by atoms with Gasteiger partial charge in [0.05, 0.1) is 24.2 Å². The van der Waals surface area contributed by atoms with Crippen molar-refractivity contribution in [3.8, 4) is 6.07 Å². The Kier molecular flexibility index (Phi) is 3.93. The van der Waals surface area contributed by atoms with E-state index in [1.54, 1.807) is 21.9 Å². The number of benzene rings is 1. The molecule has 5 rings (SSSR count). The van der Waals surface area contributed by atoms with Crippen molar-refractivity contribution in [2.24, 2.45) is 11.7 Å². The van der Waals surface area contributed by atoms with Gasteiger partial charge in [-0.05, 0) is 43.4 Å². The van der Waals surface area contributed by atoms with Crippen LogP contribution in [0.3, 0.4) is 0 Å². The third-order valence-corrected chi connectivity index (χ3v) is 6.61. The summed E-state index contributed by atoms with van der Waals surface area (Å²) in [7, 11) is 0. The predicted octanol–water partition coefficient (Wildman–Crippen LogP) is 0.455. The zero-order valence-corrected chi connectivity index (χ0v) is 15.4. The van der Waals surface area contributed by atoms with Gasteiger partial charge in [-0.1, -0.05) is 6.07 Å².